The molecule has 1 aliphatic carbocycles. The van der Waals surface area contributed by atoms with Gasteiger partial charge in [-0.15, -0.1) is 0 Å². The van der Waals surface area contributed by atoms with E-state index in [1.165, 1.54) is 30.4 Å². The van der Waals surface area contributed by atoms with E-state index in [1.54, 1.807) is 0 Å². The van der Waals surface area contributed by atoms with Crippen LogP contribution in [-0.4, -0.2) is 30.1 Å². The molecule has 1 unspecified atom stereocenters. The topological polar surface area (TPSA) is 23.5 Å². The fraction of sp³-hybridized carbons (Fsp3) is 0.625. The van der Waals surface area contributed by atoms with Crippen LogP contribution in [0.3, 0.4) is 0 Å². The maximum Gasteiger partial charge on any atom is 0.0919 e. The van der Waals surface area contributed by atoms with Crippen molar-refractivity contribution in [2.45, 2.75) is 39.2 Å². The van der Waals surface area contributed by atoms with Crippen LogP contribution < -0.4 is 0 Å². The van der Waals surface area contributed by atoms with E-state index in [2.05, 4.69) is 44.0 Å². The van der Waals surface area contributed by atoms with Gasteiger partial charge in [0.15, 0.2) is 0 Å². The van der Waals surface area contributed by atoms with Gasteiger partial charge in [-0.3, -0.25) is 0 Å². The van der Waals surface area contributed by atoms with Crippen molar-refractivity contribution in [1.82, 2.24) is 4.90 Å². The fourth-order valence-corrected chi connectivity index (χ4v) is 2.78. The summed E-state index contributed by atoms with van der Waals surface area (Å²) in [5.74, 6) is 0.862. The van der Waals surface area contributed by atoms with E-state index in [9.17, 15) is 5.11 Å². The van der Waals surface area contributed by atoms with Gasteiger partial charge in [0.25, 0.3) is 0 Å². The molecule has 100 valence electrons. The van der Waals surface area contributed by atoms with E-state index in [4.69, 9.17) is 0 Å². The van der Waals surface area contributed by atoms with Crippen LogP contribution in [0.15, 0.2) is 18.2 Å². The van der Waals surface area contributed by atoms with Crippen molar-refractivity contribution in [3.8, 4) is 0 Å². The standard InChI is InChI=1S/C16H25NO/c1-12-7-8-15(13(2)9-12)16(18)11-17(3)10-14-5-4-6-14/h7-9,14,16,18H,4-6,10-11H2,1-3H3. The predicted octanol–water partition coefficient (Wildman–Crippen LogP) is 3.07. The highest BCUT2D eigenvalue weighted by molar-refractivity contribution is 5.32. The number of aliphatic hydroxyl groups is 1. The number of benzene rings is 1. The van der Waals surface area contributed by atoms with Gasteiger partial charge in [-0.2, -0.15) is 0 Å². The Morgan fingerprint density at radius 3 is 2.61 bits per heavy atom. The first kappa shape index (κ1) is 13.6. The molecule has 1 aliphatic rings. The maximum absolute atomic E-state index is 10.3. The Bertz CT molecular complexity index is 398. The summed E-state index contributed by atoms with van der Waals surface area (Å²) >= 11 is 0. The fourth-order valence-electron chi connectivity index (χ4n) is 2.78. The summed E-state index contributed by atoms with van der Waals surface area (Å²) in [5, 5.41) is 10.3. The minimum atomic E-state index is -0.365. The second-order valence-electron chi connectivity index (χ2n) is 5.89. The van der Waals surface area contributed by atoms with E-state index in [0.29, 0.717) is 0 Å². The molecule has 0 radical (unpaired) electrons. The molecule has 0 heterocycles. The number of nitrogens with zero attached hydrogens (tertiary/aromatic N) is 1. The third-order valence-electron chi connectivity index (χ3n) is 4.06. The summed E-state index contributed by atoms with van der Waals surface area (Å²) < 4.78 is 0. The molecular formula is C16H25NO. The van der Waals surface area contributed by atoms with Crippen LogP contribution in [0.25, 0.3) is 0 Å². The Morgan fingerprint density at radius 2 is 2.06 bits per heavy atom. The molecule has 2 nitrogen and oxygen atoms in total. The molecule has 0 saturated heterocycles. The molecule has 2 rings (SSSR count). The summed E-state index contributed by atoms with van der Waals surface area (Å²) in [7, 11) is 2.12. The zero-order valence-electron chi connectivity index (χ0n) is 11.8. The first-order valence-corrected chi connectivity index (χ1v) is 7.00. The Kier molecular flexibility index (Phi) is 4.41. The lowest BCUT2D eigenvalue weighted by Gasteiger charge is -2.31. The van der Waals surface area contributed by atoms with Crippen LogP contribution in [0, 0.1) is 19.8 Å². The highest BCUT2D eigenvalue weighted by Gasteiger charge is 2.20. The lowest BCUT2D eigenvalue weighted by molar-refractivity contribution is 0.106. The summed E-state index contributed by atoms with van der Waals surface area (Å²) in [5.41, 5.74) is 3.52. The number of hydrogen-bond donors (Lipinski definition) is 1. The smallest absolute Gasteiger partial charge is 0.0919 e. The van der Waals surface area contributed by atoms with Crippen LogP contribution in [0.1, 0.15) is 42.1 Å². The quantitative estimate of drug-likeness (QED) is 0.864. The van der Waals surface area contributed by atoms with E-state index < -0.39 is 0 Å². The van der Waals surface area contributed by atoms with Crippen LogP contribution in [-0.2, 0) is 0 Å². The highest BCUT2D eigenvalue weighted by atomic mass is 16.3. The Labute approximate surface area is 111 Å². The maximum atomic E-state index is 10.3. The number of aryl methyl sites for hydroxylation is 2. The number of hydrogen-bond acceptors (Lipinski definition) is 2. The molecule has 1 atom stereocenters. The Morgan fingerprint density at radius 1 is 1.33 bits per heavy atom. The minimum Gasteiger partial charge on any atom is -0.387 e. The zero-order valence-corrected chi connectivity index (χ0v) is 11.8. The molecular weight excluding hydrogens is 222 g/mol. The monoisotopic (exact) mass is 247 g/mol. The van der Waals surface area contributed by atoms with E-state index in [-0.39, 0.29) is 6.10 Å². The molecule has 0 aliphatic heterocycles. The summed E-state index contributed by atoms with van der Waals surface area (Å²) in [6, 6.07) is 6.29. The van der Waals surface area contributed by atoms with Crippen molar-refractivity contribution >= 4 is 0 Å². The molecule has 1 fully saturated rings. The normalized spacial score (nSPS) is 17.8. The van der Waals surface area contributed by atoms with Gasteiger partial charge < -0.3 is 10.0 Å². The van der Waals surface area contributed by atoms with Crippen molar-refractivity contribution in [1.29, 1.82) is 0 Å². The van der Waals surface area contributed by atoms with Crippen molar-refractivity contribution in [3.05, 3.63) is 34.9 Å². The van der Waals surface area contributed by atoms with Crippen molar-refractivity contribution in [2.75, 3.05) is 20.1 Å². The number of rotatable bonds is 5. The number of likely N-dealkylation sites (N-methyl/N-ethyl adjacent to an activating group) is 1. The predicted molar refractivity (Wildman–Crippen MR) is 75.7 cm³/mol. The van der Waals surface area contributed by atoms with Crippen molar-refractivity contribution in [3.63, 3.8) is 0 Å². The minimum absolute atomic E-state index is 0.365. The number of aliphatic hydroxyl groups excluding tert-OH is 1. The van der Waals surface area contributed by atoms with E-state index in [1.807, 2.05) is 0 Å². The summed E-state index contributed by atoms with van der Waals surface area (Å²) in [6.07, 6.45) is 3.75. The lowest BCUT2D eigenvalue weighted by Crippen LogP contribution is -2.32. The van der Waals surface area contributed by atoms with Crippen molar-refractivity contribution in [2.24, 2.45) is 5.92 Å². The first-order chi connectivity index (χ1) is 8.56. The molecule has 1 N–H and O–H groups in total. The van der Waals surface area contributed by atoms with Gasteiger partial charge in [0, 0.05) is 13.1 Å². The molecule has 2 heteroatoms. The second-order valence-corrected chi connectivity index (χ2v) is 5.89. The largest absolute Gasteiger partial charge is 0.387 e. The van der Waals surface area contributed by atoms with Crippen LogP contribution in [0.2, 0.25) is 0 Å². The molecule has 0 aromatic heterocycles. The third kappa shape index (κ3) is 3.33. The molecule has 0 bridgehead atoms. The zero-order chi connectivity index (χ0) is 13.1. The molecule has 1 aromatic carbocycles. The average molecular weight is 247 g/mol. The second kappa shape index (κ2) is 5.85. The lowest BCUT2D eigenvalue weighted by atomic mass is 9.85. The van der Waals surface area contributed by atoms with Gasteiger partial charge in [0.05, 0.1) is 6.10 Å². The molecule has 0 spiro atoms. The van der Waals surface area contributed by atoms with Gasteiger partial charge in [-0.1, -0.05) is 30.2 Å². The highest BCUT2D eigenvalue weighted by Crippen LogP contribution is 2.27. The van der Waals surface area contributed by atoms with Gasteiger partial charge in [0.1, 0.15) is 0 Å². The Balaban J connectivity index is 1.91. The van der Waals surface area contributed by atoms with Crippen LogP contribution in [0.5, 0.6) is 0 Å². The van der Waals surface area contributed by atoms with Crippen LogP contribution in [0.4, 0.5) is 0 Å². The van der Waals surface area contributed by atoms with Crippen LogP contribution >= 0.6 is 0 Å². The van der Waals surface area contributed by atoms with Gasteiger partial charge in [-0.25, -0.2) is 0 Å². The third-order valence-corrected chi connectivity index (χ3v) is 4.06. The van der Waals surface area contributed by atoms with Gasteiger partial charge >= 0.3 is 0 Å². The summed E-state index contributed by atoms with van der Waals surface area (Å²) in [6.45, 7) is 6.03. The SMILES string of the molecule is Cc1ccc(C(O)CN(C)CC2CCC2)c(C)c1. The molecule has 1 aromatic rings. The molecule has 0 amide bonds. The molecule has 1 saturated carbocycles. The van der Waals surface area contributed by atoms with Gasteiger partial charge in [0.2, 0.25) is 0 Å². The van der Waals surface area contributed by atoms with Crippen molar-refractivity contribution < 1.29 is 5.11 Å². The summed E-state index contributed by atoms with van der Waals surface area (Å²) in [4.78, 5) is 2.27. The van der Waals surface area contributed by atoms with E-state index in [0.717, 1.165) is 24.6 Å². The van der Waals surface area contributed by atoms with Gasteiger partial charge in [-0.05, 0) is 50.8 Å². The average Bonchev–Trinajstić information content (AvgIpc) is 2.23. The molecule has 18 heavy (non-hydrogen) atoms. The first-order valence-electron chi connectivity index (χ1n) is 7.00. The van der Waals surface area contributed by atoms with E-state index >= 15 is 0 Å². The Hall–Kier alpha value is -0.860.